The summed E-state index contributed by atoms with van der Waals surface area (Å²) < 4.78 is 22.8. The molecule has 0 aromatic carbocycles. The molecule has 0 radical (unpaired) electrons. The first-order valence-corrected chi connectivity index (χ1v) is 9.53. The molecule has 1 saturated carbocycles. The first-order chi connectivity index (χ1) is 12.3. The Kier molecular flexibility index (Phi) is 4.64. The Bertz CT molecular complexity index is 588. The van der Waals surface area contributed by atoms with E-state index in [1.807, 2.05) is 0 Å². The van der Waals surface area contributed by atoms with Gasteiger partial charge in [0, 0.05) is 0 Å². The predicted molar refractivity (Wildman–Crippen MR) is 89.8 cm³/mol. The van der Waals surface area contributed by atoms with Crippen LogP contribution in [0, 0.1) is 17.8 Å². The van der Waals surface area contributed by atoms with E-state index < -0.39 is 36.5 Å². The lowest BCUT2D eigenvalue weighted by Gasteiger charge is -2.43. The molecule has 0 unspecified atom stereocenters. The molecule has 2 saturated heterocycles. The van der Waals surface area contributed by atoms with Crippen molar-refractivity contribution in [1.29, 1.82) is 0 Å². The van der Waals surface area contributed by atoms with Crippen LogP contribution >= 0.6 is 0 Å². The monoisotopic (exact) mass is 368 g/mol. The fourth-order valence-electron chi connectivity index (χ4n) is 4.92. The Balaban J connectivity index is 1.53. The largest absolute Gasteiger partial charge is 0.453 e. The number of fused-ring (bicyclic) bond motifs is 2. The van der Waals surface area contributed by atoms with Crippen LogP contribution in [0.2, 0.25) is 0 Å². The molecule has 3 fully saturated rings. The predicted octanol–water partition coefficient (Wildman–Crippen LogP) is 1.12. The minimum Gasteiger partial charge on any atom is -0.453 e. The zero-order valence-electron chi connectivity index (χ0n) is 15.3. The summed E-state index contributed by atoms with van der Waals surface area (Å²) >= 11 is 0. The van der Waals surface area contributed by atoms with Gasteiger partial charge in [-0.05, 0) is 44.9 Å². The molecule has 7 atom stereocenters. The molecule has 146 valence electrons. The quantitative estimate of drug-likeness (QED) is 0.569. The van der Waals surface area contributed by atoms with Gasteiger partial charge in [0.15, 0.2) is 11.9 Å². The van der Waals surface area contributed by atoms with Gasteiger partial charge >= 0.3 is 5.97 Å². The summed E-state index contributed by atoms with van der Waals surface area (Å²) in [5.41, 5.74) is 0. The van der Waals surface area contributed by atoms with Gasteiger partial charge in [-0.25, -0.2) is 0 Å². The van der Waals surface area contributed by atoms with Crippen molar-refractivity contribution >= 4 is 5.97 Å². The van der Waals surface area contributed by atoms with E-state index in [0.717, 1.165) is 19.3 Å². The fourth-order valence-corrected chi connectivity index (χ4v) is 4.92. The van der Waals surface area contributed by atoms with E-state index in [1.54, 1.807) is 13.8 Å². The van der Waals surface area contributed by atoms with E-state index in [2.05, 4.69) is 12.2 Å². The molecule has 2 heterocycles. The highest BCUT2D eigenvalue weighted by Gasteiger charge is 2.59. The zero-order chi connectivity index (χ0) is 18.5. The Hall–Kier alpha value is -0.990. The number of rotatable bonds is 3. The van der Waals surface area contributed by atoms with Crippen molar-refractivity contribution in [3.63, 3.8) is 0 Å². The summed E-state index contributed by atoms with van der Waals surface area (Å²) in [6, 6.07) is 0. The number of hydrogen-bond donors (Lipinski definition) is 2. The van der Waals surface area contributed by atoms with Crippen LogP contribution < -0.4 is 0 Å². The average molecular weight is 368 g/mol. The first kappa shape index (κ1) is 18.4. The zero-order valence-corrected chi connectivity index (χ0v) is 15.3. The molecule has 2 aliphatic heterocycles. The molecule has 4 rings (SSSR count). The normalized spacial score (nSPS) is 46.6. The highest BCUT2D eigenvalue weighted by molar-refractivity contribution is 5.74. The number of aliphatic hydroxyl groups excluding tert-OH is 1. The number of hydrogen-bond acceptors (Lipinski definition) is 7. The number of esters is 1. The summed E-state index contributed by atoms with van der Waals surface area (Å²) in [7, 11) is 0. The van der Waals surface area contributed by atoms with Gasteiger partial charge in [0.1, 0.15) is 18.8 Å². The molecule has 2 aliphatic carbocycles. The average Bonchev–Trinajstić information content (AvgIpc) is 3.20. The number of allylic oxidation sites excluding steroid dienone is 2. The standard InChI is InChI=1S/C19H28O7/c1-18(2)25-14-9-23-19(22,10-20)16(15(14)26-18)24-17(21)13-8-4-6-11-5-3-7-12(11)13/h4,6,11-16,20,22H,3,5,7-10H2,1-2H3/t11-,12+,13+,14+,15+,16-,19+/m0/s1. The molecule has 0 amide bonds. The first-order valence-electron chi connectivity index (χ1n) is 9.53. The van der Waals surface area contributed by atoms with E-state index in [9.17, 15) is 15.0 Å². The molecule has 4 aliphatic rings. The Morgan fingerprint density at radius 3 is 2.88 bits per heavy atom. The van der Waals surface area contributed by atoms with Crippen LogP contribution in [-0.4, -0.2) is 59.3 Å². The number of aliphatic hydroxyl groups is 2. The molecule has 0 aromatic rings. The fraction of sp³-hybridized carbons (Fsp3) is 0.842. The van der Waals surface area contributed by atoms with E-state index in [-0.39, 0.29) is 24.4 Å². The van der Waals surface area contributed by atoms with Crippen molar-refractivity contribution in [3.05, 3.63) is 12.2 Å². The van der Waals surface area contributed by atoms with E-state index in [1.165, 1.54) is 0 Å². The maximum atomic E-state index is 13.0. The van der Waals surface area contributed by atoms with Crippen LogP contribution in [0.3, 0.4) is 0 Å². The van der Waals surface area contributed by atoms with Gasteiger partial charge in [0.2, 0.25) is 5.79 Å². The van der Waals surface area contributed by atoms with Gasteiger partial charge in [-0.1, -0.05) is 18.6 Å². The molecule has 0 spiro atoms. The van der Waals surface area contributed by atoms with Gasteiger partial charge in [0.25, 0.3) is 0 Å². The van der Waals surface area contributed by atoms with Crippen molar-refractivity contribution < 1.29 is 34.0 Å². The van der Waals surface area contributed by atoms with Gasteiger partial charge in [0.05, 0.1) is 12.5 Å². The van der Waals surface area contributed by atoms with Crippen molar-refractivity contribution in [2.75, 3.05) is 13.2 Å². The van der Waals surface area contributed by atoms with Gasteiger partial charge in [-0.15, -0.1) is 0 Å². The van der Waals surface area contributed by atoms with E-state index in [4.69, 9.17) is 18.9 Å². The lowest BCUT2D eigenvalue weighted by Crippen LogP contribution is -2.63. The minimum atomic E-state index is -1.99. The molecule has 0 aromatic heterocycles. The summed E-state index contributed by atoms with van der Waals surface area (Å²) in [4.78, 5) is 13.0. The SMILES string of the molecule is CC1(C)O[C@@H]2[C@@H](CO[C@](O)(CO)[C@H]2OC(=O)[C@@H]2CC=C[C@@H]3CCC[C@H]32)O1. The highest BCUT2D eigenvalue weighted by Crippen LogP contribution is 2.44. The molecular formula is C19H28O7. The number of carbonyl (C=O) groups excluding carboxylic acids is 1. The lowest BCUT2D eigenvalue weighted by atomic mass is 9.78. The third-order valence-corrected chi connectivity index (χ3v) is 6.15. The van der Waals surface area contributed by atoms with E-state index in [0.29, 0.717) is 12.3 Å². The summed E-state index contributed by atoms with van der Waals surface area (Å²) in [6.07, 6.45) is 5.86. The highest BCUT2D eigenvalue weighted by atomic mass is 16.8. The van der Waals surface area contributed by atoms with Gasteiger partial charge < -0.3 is 29.2 Å². The number of ether oxygens (including phenoxy) is 4. The van der Waals surface area contributed by atoms with Crippen LogP contribution in [-0.2, 0) is 23.7 Å². The topological polar surface area (TPSA) is 94.5 Å². The van der Waals surface area contributed by atoms with Gasteiger partial charge in [-0.2, -0.15) is 0 Å². The smallest absolute Gasteiger partial charge is 0.310 e. The van der Waals surface area contributed by atoms with E-state index >= 15 is 0 Å². The van der Waals surface area contributed by atoms with Crippen LogP contribution in [0.4, 0.5) is 0 Å². The van der Waals surface area contributed by atoms with Crippen LogP contribution in [0.25, 0.3) is 0 Å². The molecule has 0 bridgehead atoms. The van der Waals surface area contributed by atoms with Crippen LogP contribution in [0.1, 0.15) is 39.5 Å². The Morgan fingerprint density at radius 1 is 1.31 bits per heavy atom. The molecular weight excluding hydrogens is 340 g/mol. The molecule has 7 nitrogen and oxygen atoms in total. The second-order valence-corrected chi connectivity index (χ2v) is 8.34. The third kappa shape index (κ3) is 3.10. The van der Waals surface area contributed by atoms with Crippen molar-refractivity contribution in [3.8, 4) is 0 Å². The lowest BCUT2D eigenvalue weighted by molar-refractivity contribution is -0.321. The van der Waals surface area contributed by atoms with Gasteiger partial charge in [-0.3, -0.25) is 4.79 Å². The molecule has 26 heavy (non-hydrogen) atoms. The van der Waals surface area contributed by atoms with Crippen molar-refractivity contribution in [2.24, 2.45) is 17.8 Å². The Morgan fingerprint density at radius 2 is 2.12 bits per heavy atom. The van der Waals surface area contributed by atoms with Crippen LogP contribution in [0.5, 0.6) is 0 Å². The summed E-state index contributed by atoms with van der Waals surface area (Å²) in [6.45, 7) is 2.90. The maximum Gasteiger partial charge on any atom is 0.310 e. The minimum absolute atomic E-state index is 0.0655. The van der Waals surface area contributed by atoms with Crippen molar-refractivity contribution in [1.82, 2.24) is 0 Å². The summed E-state index contributed by atoms with van der Waals surface area (Å²) in [5.74, 6) is -2.73. The van der Waals surface area contributed by atoms with Crippen LogP contribution in [0.15, 0.2) is 12.2 Å². The molecule has 2 N–H and O–H groups in total. The number of carbonyl (C=O) groups is 1. The van der Waals surface area contributed by atoms with Crippen molar-refractivity contribution in [2.45, 2.75) is 69.4 Å². The maximum absolute atomic E-state index is 13.0. The second-order valence-electron chi connectivity index (χ2n) is 8.34. The molecule has 7 heteroatoms. The second kappa shape index (κ2) is 6.56. The third-order valence-electron chi connectivity index (χ3n) is 6.15. The summed E-state index contributed by atoms with van der Waals surface area (Å²) in [5, 5.41) is 20.4. The Labute approximate surface area is 153 Å².